The van der Waals surface area contributed by atoms with Gasteiger partial charge >= 0.3 is 0 Å². The summed E-state index contributed by atoms with van der Waals surface area (Å²) in [5.41, 5.74) is 1.68. The zero-order chi connectivity index (χ0) is 21.2. The molecule has 2 aliphatic rings. The van der Waals surface area contributed by atoms with Crippen molar-refractivity contribution in [2.24, 2.45) is 11.8 Å². The molecule has 0 bridgehead atoms. The monoisotopic (exact) mass is 454 g/mol. The van der Waals surface area contributed by atoms with E-state index in [9.17, 15) is 9.59 Å². The number of hydrogen-bond donors (Lipinski definition) is 1. The Morgan fingerprint density at radius 3 is 2.84 bits per heavy atom. The molecule has 1 aliphatic heterocycles. The van der Waals surface area contributed by atoms with Crippen molar-refractivity contribution < 1.29 is 14.0 Å². The minimum absolute atomic E-state index is 0.0856. The van der Waals surface area contributed by atoms with Crippen molar-refractivity contribution in [3.63, 3.8) is 0 Å². The average molecular weight is 455 g/mol. The van der Waals surface area contributed by atoms with Crippen LogP contribution >= 0.6 is 23.1 Å². The highest BCUT2D eigenvalue weighted by Crippen LogP contribution is 2.35. The van der Waals surface area contributed by atoms with E-state index in [0.29, 0.717) is 30.5 Å². The summed E-state index contributed by atoms with van der Waals surface area (Å²) in [5, 5.41) is 6.13. The van der Waals surface area contributed by atoms with Gasteiger partial charge in [0.05, 0.1) is 10.1 Å². The van der Waals surface area contributed by atoms with Crippen molar-refractivity contribution in [3.8, 4) is 0 Å². The van der Waals surface area contributed by atoms with E-state index in [2.05, 4.69) is 16.8 Å². The maximum atomic E-state index is 13.5. The molecular weight excluding hydrogens is 428 g/mol. The zero-order valence-corrected chi connectivity index (χ0v) is 19.0. The first-order chi connectivity index (χ1) is 15.2. The van der Waals surface area contributed by atoms with Crippen LogP contribution in [0, 0.1) is 11.8 Å². The number of benzene rings is 1. The van der Waals surface area contributed by atoms with Crippen LogP contribution in [0.3, 0.4) is 0 Å². The zero-order valence-electron chi connectivity index (χ0n) is 17.3. The minimum Gasteiger partial charge on any atom is -0.451 e. The second-order valence-electron chi connectivity index (χ2n) is 8.41. The fraction of sp³-hybridized carbons (Fsp3) is 0.417. The predicted octanol–water partition coefficient (Wildman–Crippen LogP) is 5.17. The topological polar surface area (TPSA) is 62.6 Å². The third-order valence-corrected chi connectivity index (χ3v) is 8.25. The van der Waals surface area contributed by atoms with Gasteiger partial charge in [0.15, 0.2) is 5.76 Å². The lowest BCUT2D eigenvalue weighted by Crippen LogP contribution is -2.45. The summed E-state index contributed by atoms with van der Waals surface area (Å²) in [4.78, 5) is 27.9. The molecule has 2 fully saturated rings. The molecular formula is C24H26N2O3S2. The van der Waals surface area contributed by atoms with Gasteiger partial charge in [-0.3, -0.25) is 9.59 Å². The molecule has 3 aromatic rings. The first-order valence-corrected chi connectivity index (χ1v) is 12.8. The number of fused-ring (bicyclic) bond motifs is 1. The molecule has 1 aromatic carbocycles. The molecule has 1 saturated carbocycles. The Labute approximate surface area is 190 Å². The Bertz CT molecular complexity index is 1070. The first kappa shape index (κ1) is 20.6. The van der Waals surface area contributed by atoms with E-state index in [1.165, 1.54) is 17.1 Å². The quantitative estimate of drug-likeness (QED) is 0.501. The predicted molar refractivity (Wildman–Crippen MR) is 124 cm³/mol. The second-order valence-corrected chi connectivity index (χ2v) is 10.6. The molecule has 5 rings (SSSR count). The Kier molecular flexibility index (Phi) is 6.05. The van der Waals surface area contributed by atoms with E-state index in [-0.39, 0.29) is 17.7 Å². The number of para-hydroxylation sites is 1. The molecule has 1 N–H and O–H groups in total. The highest BCUT2D eigenvalue weighted by atomic mass is 32.2. The van der Waals surface area contributed by atoms with Crippen molar-refractivity contribution in [2.45, 2.75) is 35.6 Å². The smallest absolute Gasteiger partial charge is 0.289 e. The van der Waals surface area contributed by atoms with Crippen molar-refractivity contribution in [1.82, 2.24) is 10.2 Å². The highest BCUT2D eigenvalue weighted by Gasteiger charge is 2.32. The summed E-state index contributed by atoms with van der Waals surface area (Å²) in [6, 6.07) is 12.0. The van der Waals surface area contributed by atoms with Gasteiger partial charge in [-0.25, -0.2) is 0 Å². The second kappa shape index (κ2) is 9.09. The number of furan rings is 1. The van der Waals surface area contributed by atoms with Gasteiger partial charge in [-0.15, -0.1) is 23.1 Å². The van der Waals surface area contributed by atoms with Gasteiger partial charge in [-0.1, -0.05) is 24.3 Å². The first-order valence-electron chi connectivity index (χ1n) is 10.9. The number of piperidine rings is 1. The molecule has 5 nitrogen and oxygen atoms in total. The standard InChI is InChI=1S/C24H26N2O3S2/c27-23(25-13-16-9-10-16)17-5-3-11-26(14-17)24(28)22-19(15-31-21-8-4-12-30-21)18-6-1-2-7-20(18)29-22/h1-2,4,6-8,12,16-17H,3,5,9-11,13-15H2,(H,25,27). The number of nitrogens with one attached hydrogen (secondary N) is 1. The fourth-order valence-corrected chi connectivity index (χ4v) is 5.95. The van der Waals surface area contributed by atoms with Gasteiger partial charge < -0.3 is 14.6 Å². The maximum absolute atomic E-state index is 13.5. The van der Waals surface area contributed by atoms with Crippen LogP contribution in [-0.4, -0.2) is 36.3 Å². The summed E-state index contributed by atoms with van der Waals surface area (Å²) in [6.07, 6.45) is 4.11. The normalized spacial score (nSPS) is 19.0. The Morgan fingerprint density at radius 2 is 2.03 bits per heavy atom. The number of rotatable bonds is 7. The van der Waals surface area contributed by atoms with Crippen LogP contribution < -0.4 is 5.32 Å². The summed E-state index contributed by atoms with van der Waals surface area (Å²) in [6.45, 7) is 1.90. The van der Waals surface area contributed by atoms with Gasteiger partial charge in [0, 0.05) is 36.3 Å². The number of carbonyl (C=O) groups excluding carboxylic acids is 2. The van der Waals surface area contributed by atoms with Crippen LogP contribution in [0.5, 0.6) is 0 Å². The van der Waals surface area contributed by atoms with Crippen LogP contribution in [0.4, 0.5) is 0 Å². The number of nitrogens with zero attached hydrogens (tertiary/aromatic N) is 1. The van der Waals surface area contributed by atoms with Crippen LogP contribution in [0.15, 0.2) is 50.4 Å². The molecule has 1 saturated heterocycles. The Balaban J connectivity index is 1.34. The molecule has 1 unspecified atom stereocenters. The molecule has 3 heterocycles. The van der Waals surface area contributed by atoms with Gasteiger partial charge in [-0.2, -0.15) is 0 Å². The molecule has 1 aliphatic carbocycles. The number of amides is 2. The SMILES string of the molecule is O=C(NCC1CC1)C1CCCN(C(=O)c2oc3ccccc3c2CSc2cccs2)C1. The summed E-state index contributed by atoms with van der Waals surface area (Å²) >= 11 is 3.42. The fourth-order valence-electron chi connectivity index (χ4n) is 4.13. The Hall–Kier alpha value is -2.25. The van der Waals surface area contributed by atoms with Gasteiger partial charge in [0.1, 0.15) is 5.58 Å². The van der Waals surface area contributed by atoms with Gasteiger partial charge in [0.2, 0.25) is 5.91 Å². The number of carbonyl (C=O) groups is 2. The van der Waals surface area contributed by atoms with E-state index in [1.807, 2.05) is 35.2 Å². The van der Waals surface area contributed by atoms with Crippen molar-refractivity contribution in [3.05, 3.63) is 53.1 Å². The van der Waals surface area contributed by atoms with Crippen molar-refractivity contribution >= 4 is 45.9 Å². The minimum atomic E-state index is -0.134. The molecule has 7 heteroatoms. The lowest BCUT2D eigenvalue weighted by Gasteiger charge is -2.31. The summed E-state index contributed by atoms with van der Waals surface area (Å²) < 4.78 is 7.28. The largest absolute Gasteiger partial charge is 0.451 e. The third-order valence-electron chi connectivity index (χ3n) is 6.09. The third kappa shape index (κ3) is 4.67. The van der Waals surface area contributed by atoms with Gasteiger partial charge in [-0.05, 0) is 49.1 Å². The molecule has 0 radical (unpaired) electrons. The Morgan fingerprint density at radius 1 is 1.16 bits per heavy atom. The summed E-state index contributed by atoms with van der Waals surface area (Å²) in [7, 11) is 0. The van der Waals surface area contributed by atoms with Gasteiger partial charge in [0.25, 0.3) is 5.91 Å². The molecule has 162 valence electrons. The molecule has 1 atom stereocenters. The van der Waals surface area contributed by atoms with E-state index in [1.54, 1.807) is 23.1 Å². The van der Waals surface area contributed by atoms with E-state index >= 15 is 0 Å². The lowest BCUT2D eigenvalue weighted by molar-refractivity contribution is -0.126. The van der Waals surface area contributed by atoms with Crippen molar-refractivity contribution in [2.75, 3.05) is 19.6 Å². The molecule has 31 heavy (non-hydrogen) atoms. The molecule has 0 spiro atoms. The van der Waals surface area contributed by atoms with E-state index < -0.39 is 0 Å². The summed E-state index contributed by atoms with van der Waals surface area (Å²) in [5.74, 6) is 1.61. The number of thiophene rings is 1. The highest BCUT2D eigenvalue weighted by molar-refractivity contribution is 8.00. The number of hydrogen-bond acceptors (Lipinski definition) is 5. The molecule has 2 aromatic heterocycles. The van der Waals surface area contributed by atoms with Crippen LogP contribution in [-0.2, 0) is 10.5 Å². The molecule has 2 amide bonds. The average Bonchev–Trinajstić information content (AvgIpc) is 3.35. The maximum Gasteiger partial charge on any atom is 0.289 e. The van der Waals surface area contributed by atoms with Crippen molar-refractivity contribution in [1.29, 1.82) is 0 Å². The lowest BCUT2D eigenvalue weighted by atomic mass is 9.96. The number of thioether (sulfide) groups is 1. The number of likely N-dealkylation sites (tertiary alicyclic amines) is 1. The van der Waals surface area contributed by atoms with E-state index in [4.69, 9.17) is 4.42 Å². The van der Waals surface area contributed by atoms with Crippen LogP contribution in [0.2, 0.25) is 0 Å². The van der Waals surface area contributed by atoms with E-state index in [0.717, 1.165) is 35.9 Å². The van der Waals surface area contributed by atoms with Crippen LogP contribution in [0.1, 0.15) is 41.8 Å². The van der Waals surface area contributed by atoms with Crippen LogP contribution in [0.25, 0.3) is 11.0 Å².